The van der Waals surface area contributed by atoms with Crippen molar-refractivity contribution < 1.29 is 38.5 Å². The average molecular weight is 786 g/mol. The van der Waals surface area contributed by atoms with Gasteiger partial charge in [0.25, 0.3) is 0 Å². The second-order valence-electron chi connectivity index (χ2n) is 13.3. The number of rotatable bonds is 16. The van der Waals surface area contributed by atoms with Crippen LogP contribution in [0.5, 0.6) is 11.5 Å². The fourth-order valence-electron chi connectivity index (χ4n) is 6.29. The minimum atomic E-state index is -1.06. The monoisotopic (exact) mass is 785 g/mol. The number of aromatic hydroxyl groups is 1. The molecule has 0 bridgehead atoms. The Kier molecular flexibility index (Phi) is 15.4. The van der Waals surface area contributed by atoms with Gasteiger partial charge in [0.1, 0.15) is 30.8 Å². The molecule has 0 heterocycles. The number of alkyl carbamates (subject to hydrolysis) is 1. The van der Waals surface area contributed by atoms with Gasteiger partial charge in [0.2, 0.25) is 17.8 Å². The van der Waals surface area contributed by atoms with Gasteiger partial charge in [-0.15, -0.1) is 4.99 Å². The number of amides is 4. The van der Waals surface area contributed by atoms with Crippen LogP contribution in [0.2, 0.25) is 0 Å². The van der Waals surface area contributed by atoms with E-state index >= 15 is 0 Å². The minimum Gasteiger partial charge on any atom is -0.508 e. The first kappa shape index (κ1) is 42.0. The molecule has 0 saturated heterocycles. The van der Waals surface area contributed by atoms with E-state index in [-0.39, 0.29) is 56.6 Å². The average Bonchev–Trinajstić information content (AvgIpc) is 3.24. The number of guanidine groups is 1. The lowest BCUT2D eigenvalue weighted by atomic mass is 9.95. The molecule has 300 valence electrons. The lowest BCUT2D eigenvalue weighted by Crippen LogP contribution is -2.50. The van der Waals surface area contributed by atoms with Crippen molar-refractivity contribution in [2.45, 2.75) is 51.5 Å². The second-order valence-corrected chi connectivity index (χ2v) is 13.3. The fraction of sp³-hybridized carbons (Fsp3) is 0.222. The van der Waals surface area contributed by atoms with E-state index in [1.54, 1.807) is 50.4 Å². The van der Waals surface area contributed by atoms with Crippen LogP contribution in [0.25, 0.3) is 11.1 Å². The Balaban J connectivity index is 1.32. The molecular weight excluding hydrogens is 739 g/mol. The number of carbonyl (C=O) groups is 4. The summed E-state index contributed by atoms with van der Waals surface area (Å²) in [6.45, 7) is 1.84. The van der Waals surface area contributed by atoms with Gasteiger partial charge in [-0.2, -0.15) is 0 Å². The number of hydrogen-bond acceptors (Lipinski definition) is 8. The van der Waals surface area contributed by atoms with E-state index in [1.165, 1.54) is 17.0 Å². The van der Waals surface area contributed by atoms with E-state index in [0.29, 0.717) is 11.3 Å². The third kappa shape index (κ3) is 12.4. The number of benzene rings is 5. The molecule has 5 rings (SSSR count). The van der Waals surface area contributed by atoms with Crippen molar-refractivity contribution in [3.63, 3.8) is 0 Å². The van der Waals surface area contributed by atoms with E-state index in [1.807, 2.05) is 84.9 Å². The Morgan fingerprint density at radius 3 is 2.00 bits per heavy atom. The Morgan fingerprint density at radius 2 is 1.38 bits per heavy atom. The summed E-state index contributed by atoms with van der Waals surface area (Å²) in [7, 11) is 1.59. The lowest BCUT2D eigenvalue weighted by Gasteiger charge is -2.36. The Hall–Kier alpha value is -7.15. The van der Waals surface area contributed by atoms with Crippen LogP contribution in [0, 0.1) is 0 Å². The molecular formula is C45H47N5O8. The van der Waals surface area contributed by atoms with Crippen LogP contribution < -0.4 is 21.1 Å². The Morgan fingerprint density at radius 1 is 0.776 bits per heavy atom. The van der Waals surface area contributed by atoms with Crippen molar-refractivity contribution in [2.75, 3.05) is 13.7 Å². The zero-order valence-electron chi connectivity index (χ0n) is 32.4. The fourth-order valence-corrected chi connectivity index (χ4v) is 6.29. The van der Waals surface area contributed by atoms with Gasteiger partial charge in [0.05, 0.1) is 19.6 Å². The summed E-state index contributed by atoms with van der Waals surface area (Å²) in [5.74, 6) is -0.538. The third-order valence-electron chi connectivity index (χ3n) is 9.29. The second kappa shape index (κ2) is 21.2. The molecule has 13 nitrogen and oxygen atoms in total. The third-order valence-corrected chi connectivity index (χ3v) is 9.29. The largest absolute Gasteiger partial charge is 0.508 e. The maximum absolute atomic E-state index is 14.4. The SMILES string of the molecule is COc1ccc(-c2ccccc2CC(=O)N([C@H](CCCNC(=NC(=O)OCc2ccccc2)NC(=O)OCc2ccccc2)C(N)=O)[C@H](C)c2ccc(O)cc2)cc1. The maximum atomic E-state index is 14.4. The molecule has 0 aliphatic rings. The number of nitrogens with zero attached hydrogens (tertiary/aromatic N) is 2. The molecule has 0 unspecified atom stereocenters. The van der Waals surface area contributed by atoms with Crippen molar-refractivity contribution in [1.82, 2.24) is 15.5 Å². The van der Waals surface area contributed by atoms with Crippen LogP contribution in [-0.2, 0) is 38.7 Å². The first-order valence-corrected chi connectivity index (χ1v) is 18.7. The smallest absolute Gasteiger partial charge is 0.437 e. The van der Waals surface area contributed by atoms with E-state index in [9.17, 15) is 24.3 Å². The molecule has 0 spiro atoms. The number of nitrogens with two attached hydrogens (primary N) is 1. The quantitative estimate of drug-likeness (QED) is 0.0463. The summed E-state index contributed by atoms with van der Waals surface area (Å²) in [5, 5.41) is 15.4. The topological polar surface area (TPSA) is 182 Å². The summed E-state index contributed by atoms with van der Waals surface area (Å²) in [4.78, 5) is 58.6. The van der Waals surface area contributed by atoms with E-state index in [0.717, 1.165) is 27.8 Å². The highest BCUT2D eigenvalue weighted by Crippen LogP contribution is 2.30. The predicted octanol–water partition coefficient (Wildman–Crippen LogP) is 7.04. The van der Waals surface area contributed by atoms with Gasteiger partial charge in [-0.3, -0.25) is 14.9 Å². The first-order valence-electron chi connectivity index (χ1n) is 18.7. The predicted molar refractivity (Wildman–Crippen MR) is 220 cm³/mol. The van der Waals surface area contributed by atoms with Crippen molar-refractivity contribution >= 4 is 30.0 Å². The van der Waals surface area contributed by atoms with Crippen molar-refractivity contribution in [2.24, 2.45) is 10.7 Å². The summed E-state index contributed by atoms with van der Waals surface area (Å²) in [5.41, 5.74) is 10.7. The number of primary amides is 1. The number of hydrogen-bond donors (Lipinski definition) is 4. The zero-order valence-corrected chi connectivity index (χ0v) is 32.4. The highest BCUT2D eigenvalue weighted by Gasteiger charge is 2.33. The summed E-state index contributed by atoms with van der Waals surface area (Å²) >= 11 is 0. The van der Waals surface area contributed by atoms with E-state index < -0.39 is 30.2 Å². The van der Waals surface area contributed by atoms with Gasteiger partial charge in [-0.05, 0) is 77.4 Å². The maximum Gasteiger partial charge on any atom is 0.437 e. The summed E-state index contributed by atoms with van der Waals surface area (Å²) in [6, 6.07) is 37.9. The number of methoxy groups -OCH3 is 1. The summed E-state index contributed by atoms with van der Waals surface area (Å²) < 4.78 is 15.9. The number of phenols is 1. The van der Waals surface area contributed by atoms with Gasteiger partial charge >= 0.3 is 12.2 Å². The van der Waals surface area contributed by atoms with Crippen LogP contribution in [0.1, 0.15) is 48.1 Å². The Bertz CT molecular complexity index is 2150. The lowest BCUT2D eigenvalue weighted by molar-refractivity contribution is -0.141. The van der Waals surface area contributed by atoms with Crippen molar-refractivity contribution in [1.29, 1.82) is 0 Å². The van der Waals surface area contributed by atoms with E-state index in [2.05, 4.69) is 15.6 Å². The van der Waals surface area contributed by atoms with Gasteiger partial charge in [-0.1, -0.05) is 109 Å². The number of phenolic OH excluding ortho intramolecular Hbond substituents is 1. The van der Waals surface area contributed by atoms with Crippen LogP contribution in [0.15, 0.2) is 138 Å². The van der Waals surface area contributed by atoms with Gasteiger partial charge in [0, 0.05) is 6.54 Å². The Labute approximate surface area is 337 Å². The number of carbonyl (C=O) groups excluding carboxylic acids is 4. The zero-order chi connectivity index (χ0) is 41.3. The number of ether oxygens (including phenoxy) is 3. The molecule has 5 N–H and O–H groups in total. The molecule has 0 aromatic heterocycles. The number of aliphatic imine (C=N–C) groups is 1. The van der Waals surface area contributed by atoms with Crippen molar-refractivity contribution in [3.8, 4) is 22.6 Å². The van der Waals surface area contributed by atoms with Gasteiger partial charge in [0.15, 0.2) is 0 Å². The van der Waals surface area contributed by atoms with E-state index in [4.69, 9.17) is 19.9 Å². The highest BCUT2D eigenvalue weighted by molar-refractivity contribution is 5.98. The molecule has 13 heteroatoms. The molecule has 4 amide bonds. The standard InChI is InChI=1S/C45H47N5O8/c1-31(34-19-23-37(51)24-20-34)50(41(52)28-36-16-9-10-17-39(36)35-21-25-38(56-2)26-22-35)40(42(46)53)18-11-27-47-43(48-44(54)57-29-32-12-5-3-6-13-32)49-45(55)58-30-33-14-7-4-8-15-33/h3-10,12-17,19-26,31,40,51H,11,18,27-30H2,1-2H3,(H2,46,53)(H2,47,48,49,54,55)/t31-,40-/m1/s1. The first-order chi connectivity index (χ1) is 28.1. The normalized spacial score (nSPS) is 12.1. The minimum absolute atomic E-state index is 0.0215. The molecule has 5 aromatic rings. The molecule has 0 aliphatic heterocycles. The molecule has 2 atom stereocenters. The summed E-state index contributed by atoms with van der Waals surface area (Å²) in [6.07, 6.45) is -1.50. The van der Waals surface area contributed by atoms with Gasteiger partial charge < -0.3 is 35.3 Å². The van der Waals surface area contributed by atoms with Crippen molar-refractivity contribution in [3.05, 3.63) is 156 Å². The molecule has 0 aliphatic carbocycles. The van der Waals surface area contributed by atoms with Crippen LogP contribution in [0.4, 0.5) is 9.59 Å². The highest BCUT2D eigenvalue weighted by atomic mass is 16.6. The molecule has 0 saturated carbocycles. The molecule has 5 aromatic carbocycles. The van der Waals surface area contributed by atoms with Crippen LogP contribution in [-0.4, -0.2) is 59.7 Å². The van der Waals surface area contributed by atoms with Crippen LogP contribution in [0.3, 0.4) is 0 Å². The van der Waals surface area contributed by atoms with Gasteiger partial charge in [-0.25, -0.2) is 9.59 Å². The molecule has 0 radical (unpaired) electrons. The molecule has 0 fully saturated rings. The molecule has 58 heavy (non-hydrogen) atoms. The van der Waals surface area contributed by atoms with Crippen LogP contribution >= 0.6 is 0 Å². The number of nitrogens with one attached hydrogen (secondary N) is 2.